The third-order valence-corrected chi connectivity index (χ3v) is 26.3. The van der Waals surface area contributed by atoms with Crippen molar-refractivity contribution in [1.29, 1.82) is 0 Å². The minimum absolute atomic E-state index is 0.671. The Morgan fingerprint density at radius 3 is 0.845 bits per heavy atom. The Bertz CT molecular complexity index is 3390. The minimum atomic E-state index is -1.92. The van der Waals surface area contributed by atoms with Crippen molar-refractivity contribution in [3.05, 3.63) is 218 Å². The normalized spacial score (nSPS) is 15.4. The number of para-hydroxylation sites is 6. The second-order valence-corrected chi connectivity index (χ2v) is 33.7. The van der Waals surface area contributed by atoms with Gasteiger partial charge >= 0.3 is 0 Å². The minimum Gasteiger partial charge on any atom is -0.311 e. The molecule has 0 radical (unpaired) electrons. The zero-order valence-electron chi connectivity index (χ0n) is 41.0. The van der Waals surface area contributed by atoms with E-state index < -0.39 is 24.2 Å². The Kier molecular flexibility index (Phi) is 9.80. The Labute approximate surface area is 419 Å². The predicted octanol–water partition coefficient (Wildman–Crippen LogP) is 12.4. The first-order chi connectivity index (χ1) is 34.5. The van der Waals surface area contributed by atoms with Crippen molar-refractivity contribution in [2.45, 2.75) is 39.3 Å². The molecule has 0 amide bonds. The summed E-state index contributed by atoms with van der Waals surface area (Å²) in [6.07, 6.45) is 0. The van der Waals surface area contributed by atoms with E-state index in [4.69, 9.17) is 10.1 Å². The molecule has 3 aliphatic heterocycles. The molecule has 10 aromatic rings. The van der Waals surface area contributed by atoms with Crippen molar-refractivity contribution in [2.75, 3.05) is 14.7 Å². The molecular formula is C62H54N6Si3. The van der Waals surface area contributed by atoms with Crippen LogP contribution in [0, 0.1) is 0 Å². The Hall–Kier alpha value is -7.83. The van der Waals surface area contributed by atoms with Gasteiger partial charge in [-0.1, -0.05) is 148 Å². The fourth-order valence-electron chi connectivity index (χ4n) is 11.9. The van der Waals surface area contributed by atoms with E-state index in [1.807, 2.05) is 4.68 Å². The second-order valence-electron chi connectivity index (χ2n) is 20.8. The van der Waals surface area contributed by atoms with Crippen LogP contribution in [-0.4, -0.2) is 39.0 Å². The molecule has 0 bridgehead atoms. The fourth-order valence-corrected chi connectivity index (χ4v) is 20.9. The van der Waals surface area contributed by atoms with Crippen LogP contribution in [-0.2, 0) is 0 Å². The van der Waals surface area contributed by atoms with E-state index in [2.05, 4.69) is 272 Å². The van der Waals surface area contributed by atoms with Gasteiger partial charge in [0.15, 0.2) is 11.6 Å². The predicted molar refractivity (Wildman–Crippen MR) is 307 cm³/mol. The maximum Gasteiger partial charge on any atom is 0.182 e. The molecule has 0 spiro atoms. The quantitative estimate of drug-likeness (QED) is 0.155. The molecule has 0 atom stereocenters. The van der Waals surface area contributed by atoms with Gasteiger partial charge in [0.2, 0.25) is 0 Å². The summed E-state index contributed by atoms with van der Waals surface area (Å²) in [7, 11) is -5.74. The molecular weight excluding hydrogens is 913 g/mol. The second kappa shape index (κ2) is 16.1. The molecule has 1 aromatic heterocycles. The van der Waals surface area contributed by atoms with Crippen LogP contribution in [0.3, 0.4) is 0 Å². The highest BCUT2D eigenvalue weighted by molar-refractivity contribution is 7.04. The van der Waals surface area contributed by atoms with E-state index in [1.165, 1.54) is 65.2 Å². The molecule has 0 saturated heterocycles. The lowest BCUT2D eigenvalue weighted by molar-refractivity contribution is 0.890. The topological polar surface area (TPSA) is 40.4 Å². The number of aromatic nitrogens is 3. The van der Waals surface area contributed by atoms with Gasteiger partial charge in [0, 0.05) is 62.3 Å². The molecule has 0 fully saturated rings. The average molecular weight is 967 g/mol. The van der Waals surface area contributed by atoms with Gasteiger partial charge in [-0.25, -0.2) is 9.67 Å². The molecule has 3 aliphatic rings. The average Bonchev–Trinajstić information content (AvgIpc) is 3.85. The molecule has 6 nitrogen and oxygen atoms in total. The van der Waals surface area contributed by atoms with Crippen LogP contribution in [0.2, 0.25) is 39.3 Å². The first kappa shape index (κ1) is 43.2. The molecule has 0 N–H and O–H groups in total. The number of nitrogens with zero attached hydrogens (tertiary/aromatic N) is 6. The summed E-state index contributed by atoms with van der Waals surface area (Å²) in [4.78, 5) is 12.7. The van der Waals surface area contributed by atoms with E-state index in [0.717, 1.165) is 39.7 Å². The van der Waals surface area contributed by atoms with Crippen LogP contribution in [0.15, 0.2) is 218 Å². The van der Waals surface area contributed by atoms with Crippen molar-refractivity contribution in [1.82, 2.24) is 14.8 Å². The van der Waals surface area contributed by atoms with Crippen LogP contribution >= 0.6 is 0 Å². The van der Waals surface area contributed by atoms with Crippen LogP contribution in [0.5, 0.6) is 0 Å². The van der Waals surface area contributed by atoms with Gasteiger partial charge in [0.1, 0.15) is 24.2 Å². The lowest BCUT2D eigenvalue weighted by atomic mass is 10.1. The van der Waals surface area contributed by atoms with E-state index >= 15 is 0 Å². The standard InChI is InChI=1S/C62H54N6Si3/c1-69(2)55-25-13-7-19-49(55)65(50-20-8-14-26-56(50)69)45-35-31-43(32-36-45)61-63-62(44-33-37-46(38-34-44)66-51-21-9-15-27-57(51)70(3,4)58-28-16-10-22-52(58)66)68(64-61)48-41-39-47(40-42-48)67-53-23-11-17-29-59(53)71(5,6)60-30-18-12-24-54(60)67/h7-42H,1-6H3. The van der Waals surface area contributed by atoms with Crippen LogP contribution < -0.4 is 45.8 Å². The number of anilines is 9. The third kappa shape index (κ3) is 6.64. The van der Waals surface area contributed by atoms with Crippen molar-refractivity contribution in [3.8, 4) is 28.5 Å². The summed E-state index contributed by atoms with van der Waals surface area (Å²) in [6, 6.07) is 80.3. The summed E-state index contributed by atoms with van der Waals surface area (Å²) < 4.78 is 2.03. The van der Waals surface area contributed by atoms with Crippen molar-refractivity contribution < 1.29 is 0 Å². The van der Waals surface area contributed by atoms with Crippen molar-refractivity contribution >= 4 is 107 Å². The van der Waals surface area contributed by atoms with Crippen LogP contribution in [0.4, 0.5) is 51.2 Å². The van der Waals surface area contributed by atoms with Crippen LogP contribution in [0.25, 0.3) is 28.5 Å². The number of benzene rings is 9. The van der Waals surface area contributed by atoms with Crippen molar-refractivity contribution in [2.24, 2.45) is 0 Å². The van der Waals surface area contributed by atoms with E-state index in [-0.39, 0.29) is 0 Å². The summed E-state index contributed by atoms with van der Waals surface area (Å²) in [5.41, 5.74) is 13.8. The number of rotatable bonds is 6. The Balaban J connectivity index is 0.913. The van der Waals surface area contributed by atoms with Gasteiger partial charge < -0.3 is 14.7 Å². The highest BCUT2D eigenvalue weighted by Crippen LogP contribution is 2.42. The number of hydrogen-bond acceptors (Lipinski definition) is 5. The van der Waals surface area contributed by atoms with E-state index in [0.29, 0.717) is 5.82 Å². The Morgan fingerprint density at radius 2 is 0.535 bits per heavy atom. The first-order valence-corrected chi connectivity index (χ1v) is 33.8. The molecule has 13 rings (SSSR count). The maximum atomic E-state index is 5.41. The summed E-state index contributed by atoms with van der Waals surface area (Å²) in [5, 5.41) is 14.0. The molecule has 0 saturated carbocycles. The summed E-state index contributed by atoms with van der Waals surface area (Å²) >= 11 is 0. The van der Waals surface area contributed by atoms with Crippen LogP contribution in [0.1, 0.15) is 0 Å². The molecule has 344 valence electrons. The Morgan fingerprint density at radius 1 is 0.282 bits per heavy atom. The number of hydrogen-bond donors (Lipinski definition) is 0. The maximum absolute atomic E-state index is 5.41. The molecule has 0 unspecified atom stereocenters. The molecule has 9 heteroatoms. The van der Waals surface area contributed by atoms with Gasteiger partial charge in [-0.15, -0.1) is 5.10 Å². The van der Waals surface area contributed by atoms with Gasteiger partial charge in [-0.3, -0.25) is 0 Å². The SMILES string of the molecule is C[Si]1(C)c2ccccc2N(c2ccc(-c3nc(-c4ccc(N5c6ccccc6[Si](C)(C)c6ccccc65)cc4)n(-c4ccc(N5c6ccccc6[Si](C)(C)c6ccccc65)cc4)n3)cc2)c2ccccc21. The van der Waals surface area contributed by atoms with E-state index in [9.17, 15) is 0 Å². The zero-order valence-corrected chi connectivity index (χ0v) is 44.0. The van der Waals surface area contributed by atoms with Gasteiger partial charge in [-0.2, -0.15) is 0 Å². The highest BCUT2D eigenvalue weighted by Gasteiger charge is 2.41. The monoisotopic (exact) mass is 966 g/mol. The smallest absolute Gasteiger partial charge is 0.182 e. The third-order valence-electron chi connectivity index (χ3n) is 15.6. The highest BCUT2D eigenvalue weighted by atomic mass is 28.3. The fraction of sp³-hybridized carbons (Fsp3) is 0.0968. The zero-order chi connectivity index (χ0) is 48.2. The largest absolute Gasteiger partial charge is 0.311 e. The van der Waals surface area contributed by atoms with Gasteiger partial charge in [0.05, 0.1) is 5.69 Å². The summed E-state index contributed by atoms with van der Waals surface area (Å²) in [6.45, 7) is 14.8. The van der Waals surface area contributed by atoms with Gasteiger partial charge in [-0.05, 0) is 140 Å². The molecule has 9 aromatic carbocycles. The molecule has 4 heterocycles. The van der Waals surface area contributed by atoms with Gasteiger partial charge in [0.25, 0.3) is 0 Å². The number of fused-ring (bicyclic) bond motifs is 6. The lowest BCUT2D eigenvalue weighted by Crippen LogP contribution is -2.58. The lowest BCUT2D eigenvalue weighted by Gasteiger charge is -2.41. The van der Waals surface area contributed by atoms with E-state index in [1.54, 1.807) is 0 Å². The molecule has 71 heavy (non-hydrogen) atoms. The van der Waals surface area contributed by atoms with Crippen molar-refractivity contribution in [3.63, 3.8) is 0 Å². The molecule has 0 aliphatic carbocycles. The first-order valence-electron chi connectivity index (χ1n) is 24.8. The summed E-state index contributed by atoms with van der Waals surface area (Å²) in [5.74, 6) is 1.45.